The minimum Gasteiger partial charge on any atom is -0.466 e. The van der Waals surface area contributed by atoms with Crippen LogP contribution in [0.5, 0.6) is 0 Å². The zero-order chi connectivity index (χ0) is 9.97. The van der Waals surface area contributed by atoms with Gasteiger partial charge in [0.2, 0.25) is 0 Å². The first-order valence-corrected chi connectivity index (χ1v) is 4.96. The first-order chi connectivity index (χ1) is 6.79. The summed E-state index contributed by atoms with van der Waals surface area (Å²) in [6.07, 6.45) is 5.04. The summed E-state index contributed by atoms with van der Waals surface area (Å²) in [5, 5.41) is 0. The first kappa shape index (κ1) is 9.43. The van der Waals surface area contributed by atoms with Crippen molar-refractivity contribution in [3.8, 4) is 0 Å². The maximum absolute atomic E-state index is 6.01. The van der Waals surface area contributed by atoms with Crippen LogP contribution in [0.25, 0.3) is 0 Å². The third-order valence-electron chi connectivity index (χ3n) is 1.99. The Morgan fingerprint density at radius 2 is 2.00 bits per heavy atom. The number of furan rings is 1. The largest absolute Gasteiger partial charge is 0.466 e. The number of pyridine rings is 1. The number of hydrogen-bond acceptors (Lipinski definition) is 3. The third-order valence-corrected chi connectivity index (χ3v) is 2.65. The van der Waals surface area contributed by atoms with Crippen LogP contribution in [0.2, 0.25) is 0 Å². The van der Waals surface area contributed by atoms with E-state index < -0.39 is 0 Å². The fourth-order valence-electron chi connectivity index (χ4n) is 1.25. The quantitative estimate of drug-likeness (QED) is 0.894. The maximum Gasteiger partial charge on any atom is 0.139 e. The molecule has 0 aliphatic rings. The predicted octanol–water partition coefficient (Wildman–Crippen LogP) is 2.49. The summed E-state index contributed by atoms with van der Waals surface area (Å²) in [5.41, 5.74) is 6.99. The van der Waals surface area contributed by atoms with Gasteiger partial charge in [0.05, 0.1) is 16.8 Å². The molecule has 0 aliphatic carbocycles. The van der Waals surface area contributed by atoms with Gasteiger partial charge in [-0.05, 0) is 39.7 Å². The summed E-state index contributed by atoms with van der Waals surface area (Å²) in [7, 11) is 0. The van der Waals surface area contributed by atoms with Gasteiger partial charge >= 0.3 is 0 Å². The van der Waals surface area contributed by atoms with Crippen LogP contribution in [0.15, 0.2) is 45.7 Å². The van der Waals surface area contributed by atoms with Gasteiger partial charge in [0.1, 0.15) is 5.76 Å². The molecule has 0 aromatic carbocycles. The Hall–Kier alpha value is -1.13. The molecule has 0 saturated carbocycles. The maximum atomic E-state index is 6.01. The molecule has 0 saturated heterocycles. The van der Waals surface area contributed by atoms with Gasteiger partial charge < -0.3 is 10.2 Å². The van der Waals surface area contributed by atoms with Gasteiger partial charge in [-0.1, -0.05) is 0 Å². The second-order valence-corrected chi connectivity index (χ2v) is 3.75. The van der Waals surface area contributed by atoms with Crippen molar-refractivity contribution in [2.24, 2.45) is 5.73 Å². The molecular weight excluding hydrogens is 244 g/mol. The molecule has 0 amide bonds. The second kappa shape index (κ2) is 3.94. The van der Waals surface area contributed by atoms with Crippen LogP contribution >= 0.6 is 15.9 Å². The molecule has 72 valence electrons. The monoisotopic (exact) mass is 252 g/mol. The summed E-state index contributed by atoms with van der Waals surface area (Å²) in [6, 6.07) is 5.33. The summed E-state index contributed by atoms with van der Waals surface area (Å²) in [4.78, 5) is 3.93. The van der Waals surface area contributed by atoms with Crippen molar-refractivity contribution >= 4 is 15.9 Å². The SMILES string of the molecule is NC(c1ccncc1)c1occc1Br. The minimum absolute atomic E-state index is 0.248. The molecule has 0 aliphatic heterocycles. The van der Waals surface area contributed by atoms with Crippen molar-refractivity contribution in [2.75, 3.05) is 0 Å². The Labute approximate surface area is 90.1 Å². The van der Waals surface area contributed by atoms with Crippen molar-refractivity contribution in [1.82, 2.24) is 4.98 Å². The molecule has 3 nitrogen and oxygen atoms in total. The van der Waals surface area contributed by atoms with Crippen LogP contribution in [0, 0.1) is 0 Å². The first-order valence-electron chi connectivity index (χ1n) is 4.17. The number of halogens is 1. The van der Waals surface area contributed by atoms with Gasteiger partial charge in [0.15, 0.2) is 0 Å². The molecule has 4 heteroatoms. The molecule has 0 spiro atoms. The molecule has 14 heavy (non-hydrogen) atoms. The van der Waals surface area contributed by atoms with Gasteiger partial charge in [-0.3, -0.25) is 4.98 Å². The molecular formula is C10H9BrN2O. The van der Waals surface area contributed by atoms with E-state index in [2.05, 4.69) is 20.9 Å². The smallest absolute Gasteiger partial charge is 0.139 e. The number of hydrogen-bond donors (Lipinski definition) is 1. The van der Waals surface area contributed by atoms with Crippen LogP contribution < -0.4 is 5.73 Å². The Morgan fingerprint density at radius 3 is 2.57 bits per heavy atom. The average molecular weight is 253 g/mol. The van der Waals surface area contributed by atoms with Crippen LogP contribution in [-0.2, 0) is 0 Å². The molecule has 0 radical (unpaired) electrons. The van der Waals surface area contributed by atoms with Crippen molar-refractivity contribution in [3.63, 3.8) is 0 Å². The molecule has 0 bridgehead atoms. The molecule has 2 aromatic rings. The van der Waals surface area contributed by atoms with E-state index in [1.807, 2.05) is 18.2 Å². The summed E-state index contributed by atoms with van der Waals surface area (Å²) < 4.78 is 6.18. The summed E-state index contributed by atoms with van der Waals surface area (Å²) >= 11 is 3.37. The number of rotatable bonds is 2. The Morgan fingerprint density at radius 1 is 1.29 bits per heavy atom. The van der Waals surface area contributed by atoms with Gasteiger partial charge in [-0.25, -0.2) is 0 Å². The number of nitrogens with two attached hydrogens (primary N) is 1. The number of aromatic nitrogens is 1. The highest BCUT2D eigenvalue weighted by atomic mass is 79.9. The predicted molar refractivity (Wildman–Crippen MR) is 56.7 cm³/mol. The lowest BCUT2D eigenvalue weighted by Gasteiger charge is -2.08. The van der Waals surface area contributed by atoms with E-state index in [1.165, 1.54) is 0 Å². The highest BCUT2D eigenvalue weighted by molar-refractivity contribution is 9.10. The Kier molecular flexibility index (Phi) is 2.65. The summed E-state index contributed by atoms with van der Waals surface area (Å²) in [6.45, 7) is 0. The van der Waals surface area contributed by atoms with E-state index in [4.69, 9.17) is 10.2 Å². The van der Waals surface area contributed by atoms with E-state index in [0.29, 0.717) is 0 Å². The van der Waals surface area contributed by atoms with E-state index in [9.17, 15) is 0 Å². The van der Waals surface area contributed by atoms with Gasteiger partial charge in [-0.15, -0.1) is 0 Å². The van der Waals surface area contributed by atoms with Crippen molar-refractivity contribution in [3.05, 3.63) is 52.7 Å². The topological polar surface area (TPSA) is 52.0 Å². The normalized spacial score (nSPS) is 12.7. The molecule has 2 heterocycles. The Bertz CT molecular complexity index is 413. The van der Waals surface area contributed by atoms with E-state index >= 15 is 0 Å². The highest BCUT2D eigenvalue weighted by Gasteiger charge is 2.14. The average Bonchev–Trinajstić information content (AvgIpc) is 2.65. The Balaban J connectivity index is 2.34. The fourth-order valence-corrected chi connectivity index (χ4v) is 1.70. The van der Waals surface area contributed by atoms with Crippen LogP contribution in [0.3, 0.4) is 0 Å². The van der Waals surface area contributed by atoms with Crippen molar-refractivity contribution < 1.29 is 4.42 Å². The van der Waals surface area contributed by atoms with Crippen LogP contribution in [-0.4, -0.2) is 4.98 Å². The number of nitrogens with zero attached hydrogens (tertiary/aromatic N) is 1. The zero-order valence-electron chi connectivity index (χ0n) is 7.35. The molecule has 2 aromatic heterocycles. The molecule has 1 unspecified atom stereocenters. The lowest BCUT2D eigenvalue weighted by atomic mass is 10.1. The van der Waals surface area contributed by atoms with Gasteiger partial charge in [0.25, 0.3) is 0 Å². The zero-order valence-corrected chi connectivity index (χ0v) is 8.94. The minimum atomic E-state index is -0.248. The van der Waals surface area contributed by atoms with Crippen molar-refractivity contribution in [2.45, 2.75) is 6.04 Å². The molecule has 0 fully saturated rings. The highest BCUT2D eigenvalue weighted by Crippen LogP contribution is 2.27. The van der Waals surface area contributed by atoms with E-state index in [1.54, 1.807) is 18.7 Å². The van der Waals surface area contributed by atoms with Crippen molar-refractivity contribution in [1.29, 1.82) is 0 Å². The standard InChI is InChI=1S/C10H9BrN2O/c11-8-3-6-14-10(8)9(12)7-1-4-13-5-2-7/h1-6,9H,12H2. The van der Waals surface area contributed by atoms with Gasteiger partial charge in [-0.2, -0.15) is 0 Å². The summed E-state index contributed by atoms with van der Waals surface area (Å²) in [5.74, 6) is 0.733. The molecule has 2 N–H and O–H groups in total. The second-order valence-electron chi connectivity index (χ2n) is 2.89. The fraction of sp³-hybridized carbons (Fsp3) is 0.100. The lowest BCUT2D eigenvalue weighted by molar-refractivity contribution is 0.487. The lowest BCUT2D eigenvalue weighted by Crippen LogP contribution is -2.11. The molecule has 2 rings (SSSR count). The van der Waals surface area contributed by atoms with Crippen LogP contribution in [0.1, 0.15) is 17.4 Å². The van der Waals surface area contributed by atoms with E-state index in [0.717, 1.165) is 15.8 Å². The van der Waals surface area contributed by atoms with Gasteiger partial charge in [0, 0.05) is 12.4 Å². The third kappa shape index (κ3) is 1.71. The molecule has 1 atom stereocenters. The van der Waals surface area contributed by atoms with E-state index in [-0.39, 0.29) is 6.04 Å². The van der Waals surface area contributed by atoms with Crippen LogP contribution in [0.4, 0.5) is 0 Å².